The van der Waals surface area contributed by atoms with Crippen LogP contribution in [0.4, 0.5) is 0 Å². The summed E-state index contributed by atoms with van der Waals surface area (Å²) in [5.74, 6) is 4.50. The molecule has 2 aliphatic rings. The van der Waals surface area contributed by atoms with Gasteiger partial charge in [-0.3, -0.25) is 0 Å². The molecule has 0 aliphatic carbocycles. The number of halogens is 1. The minimum Gasteiger partial charge on any atom is -0.490 e. The number of thioether (sulfide) groups is 1. The average Bonchev–Trinajstić information content (AvgIpc) is 2.79. The third-order valence-corrected chi connectivity index (χ3v) is 4.54. The zero-order chi connectivity index (χ0) is 14.5. The summed E-state index contributed by atoms with van der Waals surface area (Å²) in [5.41, 5.74) is 7.13. The van der Waals surface area contributed by atoms with Crippen LogP contribution in [0.5, 0.6) is 11.5 Å². The van der Waals surface area contributed by atoms with Gasteiger partial charge in [-0.05, 0) is 6.07 Å². The van der Waals surface area contributed by atoms with Crippen LogP contribution in [-0.4, -0.2) is 48.7 Å². The van der Waals surface area contributed by atoms with E-state index in [0.29, 0.717) is 25.7 Å². The number of rotatable bonds is 2. The van der Waals surface area contributed by atoms with E-state index in [1.54, 1.807) is 0 Å². The Hall–Kier alpha value is -0.830. The third kappa shape index (κ3) is 4.34. The molecule has 2 heterocycles. The fourth-order valence-corrected chi connectivity index (χ4v) is 3.34. The molecule has 2 N–H and O–H groups in total. The lowest BCUT2D eigenvalue weighted by atomic mass is 10.2. The Bertz CT molecular complexity index is 522. The van der Waals surface area contributed by atoms with E-state index in [2.05, 4.69) is 9.89 Å². The molecule has 0 saturated carbocycles. The van der Waals surface area contributed by atoms with E-state index in [1.807, 2.05) is 30.0 Å². The van der Waals surface area contributed by atoms with Crippen LogP contribution in [0.25, 0.3) is 0 Å². The molecule has 122 valence electrons. The molecule has 1 aromatic rings. The first-order valence-electron chi connectivity index (χ1n) is 7.35. The summed E-state index contributed by atoms with van der Waals surface area (Å²) in [7, 11) is 0. The zero-order valence-electron chi connectivity index (χ0n) is 12.5. The van der Waals surface area contributed by atoms with E-state index < -0.39 is 0 Å². The van der Waals surface area contributed by atoms with Crippen molar-refractivity contribution in [2.24, 2.45) is 10.7 Å². The second-order valence-corrected chi connectivity index (χ2v) is 6.29. The monoisotopic (exact) mass is 435 g/mol. The molecule has 1 fully saturated rings. The maximum absolute atomic E-state index is 6.10. The molecule has 0 atom stereocenters. The lowest BCUT2D eigenvalue weighted by Crippen LogP contribution is -2.42. The highest BCUT2D eigenvalue weighted by atomic mass is 127. The highest BCUT2D eigenvalue weighted by molar-refractivity contribution is 14.0. The number of para-hydroxylation sites is 1. The van der Waals surface area contributed by atoms with Crippen molar-refractivity contribution in [3.05, 3.63) is 23.8 Å². The van der Waals surface area contributed by atoms with Crippen molar-refractivity contribution in [3.8, 4) is 11.5 Å². The summed E-state index contributed by atoms with van der Waals surface area (Å²) >= 11 is 1.96. The summed E-state index contributed by atoms with van der Waals surface area (Å²) in [5, 5.41) is 0. The first-order valence-corrected chi connectivity index (χ1v) is 8.50. The summed E-state index contributed by atoms with van der Waals surface area (Å²) < 4.78 is 11.5. The van der Waals surface area contributed by atoms with Crippen LogP contribution in [0, 0.1) is 0 Å². The van der Waals surface area contributed by atoms with Crippen LogP contribution in [-0.2, 0) is 6.54 Å². The van der Waals surface area contributed by atoms with Gasteiger partial charge < -0.3 is 20.1 Å². The molecule has 7 heteroatoms. The molecule has 2 aliphatic heterocycles. The Morgan fingerprint density at radius 1 is 1.23 bits per heavy atom. The van der Waals surface area contributed by atoms with Gasteiger partial charge in [-0.25, -0.2) is 4.99 Å². The first kappa shape index (κ1) is 17.5. The summed E-state index contributed by atoms with van der Waals surface area (Å²) in [6, 6.07) is 5.95. The lowest BCUT2D eigenvalue weighted by Gasteiger charge is -2.27. The predicted octanol–water partition coefficient (Wildman–Crippen LogP) is 2.33. The van der Waals surface area contributed by atoms with Crippen molar-refractivity contribution < 1.29 is 9.47 Å². The van der Waals surface area contributed by atoms with Crippen LogP contribution in [0.1, 0.15) is 12.0 Å². The summed E-state index contributed by atoms with van der Waals surface area (Å²) in [6.07, 6.45) is 0.908. The second-order valence-electron chi connectivity index (χ2n) is 5.07. The number of fused-ring (bicyclic) bond motifs is 1. The van der Waals surface area contributed by atoms with Crippen molar-refractivity contribution >= 4 is 41.7 Å². The number of nitrogens with two attached hydrogens (primary N) is 1. The van der Waals surface area contributed by atoms with E-state index in [9.17, 15) is 0 Å². The number of hydrogen-bond acceptors (Lipinski definition) is 4. The molecule has 0 spiro atoms. The van der Waals surface area contributed by atoms with Crippen LogP contribution in [0.3, 0.4) is 0 Å². The Morgan fingerprint density at radius 2 is 2.00 bits per heavy atom. The van der Waals surface area contributed by atoms with E-state index in [1.165, 1.54) is 0 Å². The van der Waals surface area contributed by atoms with Gasteiger partial charge >= 0.3 is 0 Å². The van der Waals surface area contributed by atoms with Gasteiger partial charge in [0.25, 0.3) is 0 Å². The van der Waals surface area contributed by atoms with Crippen molar-refractivity contribution in [1.82, 2.24) is 4.90 Å². The van der Waals surface area contributed by atoms with Gasteiger partial charge in [0, 0.05) is 36.6 Å². The molecule has 3 rings (SSSR count). The van der Waals surface area contributed by atoms with E-state index >= 15 is 0 Å². The van der Waals surface area contributed by atoms with Crippen LogP contribution in [0.15, 0.2) is 23.2 Å². The van der Waals surface area contributed by atoms with Crippen molar-refractivity contribution in [3.63, 3.8) is 0 Å². The minimum atomic E-state index is 0. The Morgan fingerprint density at radius 3 is 2.82 bits per heavy atom. The number of guanidine groups is 1. The smallest absolute Gasteiger partial charge is 0.191 e. The lowest BCUT2D eigenvalue weighted by molar-refractivity contribution is 0.296. The van der Waals surface area contributed by atoms with Gasteiger partial charge in [-0.1, -0.05) is 12.1 Å². The number of hydrogen-bond donors (Lipinski definition) is 1. The highest BCUT2D eigenvalue weighted by Gasteiger charge is 2.15. The largest absolute Gasteiger partial charge is 0.490 e. The van der Waals surface area contributed by atoms with Crippen molar-refractivity contribution in [1.29, 1.82) is 0 Å². The second kappa shape index (κ2) is 8.71. The number of nitrogens with zero attached hydrogens (tertiary/aromatic N) is 2. The standard InChI is InChI=1S/C15H21N3O2S.HI/c16-15(18-5-9-21-10-6-18)17-11-12-3-1-4-13-14(12)20-8-2-7-19-13;/h1,3-4H,2,5-11H2,(H2,16,17);1H. The molecule has 22 heavy (non-hydrogen) atoms. The van der Waals surface area contributed by atoms with Gasteiger partial charge in [-0.2, -0.15) is 11.8 Å². The number of ether oxygens (including phenoxy) is 2. The molecule has 1 aromatic carbocycles. The third-order valence-electron chi connectivity index (χ3n) is 3.60. The predicted molar refractivity (Wildman–Crippen MR) is 102 cm³/mol. The molecule has 0 unspecified atom stereocenters. The van der Waals surface area contributed by atoms with E-state index in [0.717, 1.165) is 48.1 Å². The Kier molecular flexibility index (Phi) is 6.94. The summed E-state index contributed by atoms with van der Waals surface area (Å²) in [4.78, 5) is 6.68. The molecule has 0 aromatic heterocycles. The molecule has 5 nitrogen and oxygen atoms in total. The summed E-state index contributed by atoms with van der Waals surface area (Å²) in [6.45, 7) is 3.88. The molecular formula is C15H22IN3O2S. The fraction of sp³-hybridized carbons (Fsp3) is 0.533. The van der Waals surface area contributed by atoms with Crippen LogP contribution < -0.4 is 15.2 Å². The molecule has 0 bridgehead atoms. The van der Waals surface area contributed by atoms with Crippen molar-refractivity contribution in [2.75, 3.05) is 37.8 Å². The quantitative estimate of drug-likeness (QED) is 0.439. The maximum atomic E-state index is 6.10. The number of benzene rings is 1. The van der Waals surface area contributed by atoms with Gasteiger partial charge in [0.2, 0.25) is 0 Å². The maximum Gasteiger partial charge on any atom is 0.191 e. The minimum absolute atomic E-state index is 0. The van der Waals surface area contributed by atoms with Gasteiger partial charge in [-0.15, -0.1) is 24.0 Å². The molecule has 0 amide bonds. The highest BCUT2D eigenvalue weighted by Crippen LogP contribution is 2.33. The zero-order valence-corrected chi connectivity index (χ0v) is 15.6. The van der Waals surface area contributed by atoms with Gasteiger partial charge in [0.15, 0.2) is 17.5 Å². The topological polar surface area (TPSA) is 60.1 Å². The van der Waals surface area contributed by atoms with Gasteiger partial charge in [0.05, 0.1) is 19.8 Å². The normalized spacial score (nSPS) is 18.4. The SMILES string of the molecule is I.NC(=NCc1cccc2c1OCCCO2)N1CCSCC1. The van der Waals surface area contributed by atoms with Crippen LogP contribution >= 0.6 is 35.7 Å². The van der Waals surface area contributed by atoms with E-state index in [4.69, 9.17) is 15.2 Å². The molecular weight excluding hydrogens is 413 g/mol. The molecule has 0 radical (unpaired) electrons. The van der Waals surface area contributed by atoms with Gasteiger partial charge in [0.1, 0.15) is 0 Å². The Balaban J connectivity index is 0.00000176. The number of aliphatic imine (C=N–C) groups is 1. The van der Waals surface area contributed by atoms with E-state index in [-0.39, 0.29) is 24.0 Å². The van der Waals surface area contributed by atoms with Crippen molar-refractivity contribution in [2.45, 2.75) is 13.0 Å². The molecule has 1 saturated heterocycles. The first-order chi connectivity index (χ1) is 10.3. The van der Waals surface area contributed by atoms with Crippen LogP contribution in [0.2, 0.25) is 0 Å². The fourth-order valence-electron chi connectivity index (χ4n) is 2.44. The average molecular weight is 435 g/mol. The Labute approximate surface area is 152 Å².